The minimum atomic E-state index is -0.534. The van der Waals surface area contributed by atoms with Crippen LogP contribution in [0.25, 0.3) is 0 Å². The van der Waals surface area contributed by atoms with Crippen LogP contribution >= 0.6 is 23.4 Å². The molecular weight excluding hydrogens is 404 g/mol. The minimum absolute atomic E-state index is 0.0651. The molecule has 156 valence electrons. The lowest BCUT2D eigenvalue weighted by Gasteiger charge is -2.33. The van der Waals surface area contributed by atoms with Crippen LogP contribution in [-0.4, -0.2) is 34.0 Å². The fourth-order valence-electron chi connectivity index (χ4n) is 2.90. The van der Waals surface area contributed by atoms with Crippen LogP contribution in [-0.2, 0) is 16.1 Å². The SMILES string of the molecule is CCC(C(=O)NC(C)(C)C)N(Cc1ccc(Cl)cc1)C(=O)CSc1ccccc1. The van der Waals surface area contributed by atoms with E-state index in [-0.39, 0.29) is 23.1 Å². The van der Waals surface area contributed by atoms with Crippen LogP contribution < -0.4 is 5.32 Å². The van der Waals surface area contributed by atoms with Gasteiger partial charge in [-0.15, -0.1) is 11.8 Å². The lowest BCUT2D eigenvalue weighted by atomic mass is 10.1. The topological polar surface area (TPSA) is 49.4 Å². The molecule has 0 bridgehead atoms. The van der Waals surface area contributed by atoms with Crippen LogP contribution in [0.4, 0.5) is 0 Å². The third kappa shape index (κ3) is 7.75. The number of rotatable bonds is 8. The molecule has 2 aromatic carbocycles. The molecule has 0 aromatic heterocycles. The molecule has 2 aromatic rings. The number of benzene rings is 2. The van der Waals surface area contributed by atoms with Gasteiger partial charge in [0.05, 0.1) is 5.75 Å². The third-order valence-corrected chi connectivity index (χ3v) is 5.50. The average molecular weight is 433 g/mol. The van der Waals surface area contributed by atoms with Crippen LogP contribution in [0.1, 0.15) is 39.7 Å². The minimum Gasteiger partial charge on any atom is -0.350 e. The molecule has 0 fully saturated rings. The summed E-state index contributed by atoms with van der Waals surface area (Å²) in [6.07, 6.45) is 0.539. The molecule has 0 saturated carbocycles. The molecule has 0 heterocycles. The Bertz CT molecular complexity index is 804. The van der Waals surface area contributed by atoms with Gasteiger partial charge in [0.1, 0.15) is 6.04 Å². The number of thioether (sulfide) groups is 1. The summed E-state index contributed by atoms with van der Waals surface area (Å²) in [4.78, 5) is 28.8. The molecule has 1 unspecified atom stereocenters. The van der Waals surface area contributed by atoms with Crippen molar-refractivity contribution in [1.29, 1.82) is 0 Å². The molecule has 6 heteroatoms. The maximum Gasteiger partial charge on any atom is 0.243 e. The highest BCUT2D eigenvalue weighted by molar-refractivity contribution is 8.00. The predicted octanol–water partition coefficient (Wildman–Crippen LogP) is 5.15. The van der Waals surface area contributed by atoms with E-state index in [1.165, 1.54) is 11.8 Å². The monoisotopic (exact) mass is 432 g/mol. The largest absolute Gasteiger partial charge is 0.350 e. The van der Waals surface area contributed by atoms with Gasteiger partial charge in [-0.1, -0.05) is 48.9 Å². The summed E-state index contributed by atoms with van der Waals surface area (Å²) in [5, 5.41) is 3.66. The Morgan fingerprint density at radius 3 is 2.24 bits per heavy atom. The lowest BCUT2D eigenvalue weighted by molar-refractivity contribution is -0.140. The smallest absolute Gasteiger partial charge is 0.243 e. The predicted molar refractivity (Wildman–Crippen MR) is 121 cm³/mol. The van der Waals surface area contributed by atoms with Gasteiger partial charge in [0, 0.05) is 22.0 Å². The van der Waals surface area contributed by atoms with E-state index in [1.807, 2.05) is 70.2 Å². The third-order valence-electron chi connectivity index (χ3n) is 4.26. The molecule has 2 rings (SSSR count). The van der Waals surface area contributed by atoms with Crippen LogP contribution in [0.5, 0.6) is 0 Å². The molecule has 1 atom stereocenters. The zero-order valence-corrected chi connectivity index (χ0v) is 19.0. The quantitative estimate of drug-likeness (QED) is 0.586. The highest BCUT2D eigenvalue weighted by Crippen LogP contribution is 2.21. The van der Waals surface area contributed by atoms with Crippen molar-refractivity contribution in [3.05, 3.63) is 65.2 Å². The van der Waals surface area contributed by atoms with Crippen molar-refractivity contribution in [2.45, 2.75) is 57.1 Å². The molecule has 29 heavy (non-hydrogen) atoms. The maximum absolute atomic E-state index is 13.2. The zero-order valence-electron chi connectivity index (χ0n) is 17.4. The van der Waals surface area contributed by atoms with E-state index in [0.717, 1.165) is 10.5 Å². The standard InChI is InChI=1S/C23H29ClN2O2S/c1-5-20(22(28)25-23(2,3)4)26(15-17-11-13-18(24)14-12-17)21(27)16-29-19-9-7-6-8-10-19/h6-14,20H,5,15-16H2,1-4H3,(H,25,28). The number of amides is 2. The number of carbonyl (C=O) groups excluding carboxylic acids is 2. The van der Waals surface area contributed by atoms with Crippen LogP contribution in [0.3, 0.4) is 0 Å². The summed E-state index contributed by atoms with van der Waals surface area (Å²) in [5.74, 6) is 0.0772. The van der Waals surface area contributed by atoms with Crippen molar-refractivity contribution in [2.24, 2.45) is 0 Å². The summed E-state index contributed by atoms with van der Waals surface area (Å²) in [6, 6.07) is 16.6. The van der Waals surface area contributed by atoms with E-state index in [1.54, 1.807) is 17.0 Å². The number of nitrogens with one attached hydrogen (secondary N) is 1. The van der Waals surface area contributed by atoms with Gasteiger partial charge >= 0.3 is 0 Å². The number of nitrogens with zero attached hydrogens (tertiary/aromatic N) is 1. The van der Waals surface area contributed by atoms with Gasteiger partial charge < -0.3 is 10.2 Å². The van der Waals surface area contributed by atoms with Gasteiger partial charge in [-0.25, -0.2) is 0 Å². The molecule has 0 saturated heterocycles. The fourth-order valence-corrected chi connectivity index (χ4v) is 3.84. The van der Waals surface area contributed by atoms with Gasteiger partial charge in [0.2, 0.25) is 11.8 Å². The van der Waals surface area contributed by atoms with Gasteiger partial charge in [0.15, 0.2) is 0 Å². The second kappa shape index (κ2) is 10.7. The molecule has 0 aliphatic rings. The van der Waals surface area contributed by atoms with Gasteiger partial charge in [-0.3, -0.25) is 9.59 Å². The highest BCUT2D eigenvalue weighted by atomic mass is 35.5. The Balaban J connectivity index is 2.21. The van der Waals surface area contributed by atoms with E-state index in [0.29, 0.717) is 18.0 Å². The molecule has 4 nitrogen and oxygen atoms in total. The molecule has 0 aliphatic carbocycles. The molecular formula is C23H29ClN2O2S. The fraction of sp³-hybridized carbons (Fsp3) is 0.391. The summed E-state index contributed by atoms with van der Waals surface area (Å²) in [5.41, 5.74) is 0.577. The zero-order chi connectivity index (χ0) is 21.4. The first-order valence-electron chi connectivity index (χ1n) is 9.73. The Morgan fingerprint density at radius 1 is 1.07 bits per heavy atom. The van der Waals surface area contributed by atoms with Crippen LogP contribution in [0, 0.1) is 0 Å². The Labute approximate surface area is 183 Å². The number of carbonyl (C=O) groups is 2. The maximum atomic E-state index is 13.2. The number of hydrogen-bond donors (Lipinski definition) is 1. The summed E-state index contributed by atoms with van der Waals surface area (Å²) in [6.45, 7) is 8.11. The second-order valence-corrected chi connectivity index (χ2v) is 9.40. The first-order chi connectivity index (χ1) is 13.7. The van der Waals surface area contributed by atoms with Gasteiger partial charge in [-0.2, -0.15) is 0 Å². The Morgan fingerprint density at radius 2 is 1.69 bits per heavy atom. The van der Waals surface area contributed by atoms with Crippen molar-refractivity contribution in [2.75, 3.05) is 5.75 Å². The first kappa shape index (κ1) is 23.3. The summed E-state index contributed by atoms with van der Waals surface area (Å²) in [7, 11) is 0. The van der Waals surface area contributed by atoms with E-state index < -0.39 is 6.04 Å². The Hall–Kier alpha value is -1.98. The van der Waals surface area contributed by atoms with Crippen molar-refractivity contribution < 1.29 is 9.59 Å². The van der Waals surface area contributed by atoms with E-state index in [2.05, 4.69) is 5.32 Å². The molecule has 1 N–H and O–H groups in total. The van der Waals surface area contributed by atoms with Crippen molar-refractivity contribution in [3.8, 4) is 0 Å². The normalized spacial score (nSPS) is 12.3. The van der Waals surface area contributed by atoms with Crippen molar-refractivity contribution in [3.63, 3.8) is 0 Å². The average Bonchev–Trinajstić information content (AvgIpc) is 2.67. The number of halogens is 1. The summed E-state index contributed by atoms with van der Waals surface area (Å²) < 4.78 is 0. The highest BCUT2D eigenvalue weighted by Gasteiger charge is 2.30. The molecule has 0 radical (unpaired) electrons. The second-order valence-electron chi connectivity index (χ2n) is 7.91. The molecule has 0 aliphatic heterocycles. The van der Waals surface area contributed by atoms with Gasteiger partial charge in [0.25, 0.3) is 0 Å². The number of hydrogen-bond acceptors (Lipinski definition) is 3. The van der Waals surface area contributed by atoms with Crippen molar-refractivity contribution in [1.82, 2.24) is 10.2 Å². The molecule has 0 spiro atoms. The van der Waals surface area contributed by atoms with E-state index in [4.69, 9.17) is 11.6 Å². The first-order valence-corrected chi connectivity index (χ1v) is 11.1. The van der Waals surface area contributed by atoms with Crippen LogP contribution in [0.2, 0.25) is 5.02 Å². The Kier molecular flexibility index (Phi) is 8.60. The summed E-state index contributed by atoms with van der Waals surface area (Å²) >= 11 is 7.47. The lowest BCUT2D eigenvalue weighted by Crippen LogP contribution is -2.53. The van der Waals surface area contributed by atoms with Crippen molar-refractivity contribution >= 4 is 35.2 Å². The van der Waals surface area contributed by atoms with Gasteiger partial charge in [-0.05, 0) is 57.0 Å². The molecule has 2 amide bonds. The van der Waals surface area contributed by atoms with Crippen LogP contribution in [0.15, 0.2) is 59.5 Å². The van der Waals surface area contributed by atoms with E-state index in [9.17, 15) is 9.59 Å². The van der Waals surface area contributed by atoms with E-state index >= 15 is 0 Å².